The highest BCUT2D eigenvalue weighted by Gasteiger charge is 2.22. The molecule has 0 radical (unpaired) electrons. The Labute approximate surface area is 287 Å². The first kappa shape index (κ1) is 28.1. The van der Waals surface area contributed by atoms with Gasteiger partial charge in [0.25, 0.3) is 0 Å². The molecule has 0 fully saturated rings. The van der Waals surface area contributed by atoms with Gasteiger partial charge in [-0.2, -0.15) is 0 Å². The summed E-state index contributed by atoms with van der Waals surface area (Å²) in [5, 5.41) is 4.22. The monoisotopic (exact) mass is 641 g/mol. The normalized spacial score (nSPS) is 11.6. The third-order valence-electron chi connectivity index (χ3n) is 9.30. The van der Waals surface area contributed by atoms with Gasteiger partial charge < -0.3 is 8.98 Å². The van der Waals surface area contributed by atoms with Gasteiger partial charge in [0.1, 0.15) is 11.3 Å². The van der Waals surface area contributed by atoms with E-state index in [9.17, 15) is 0 Å². The molecule has 0 amide bonds. The van der Waals surface area contributed by atoms with Crippen LogP contribution in [0.4, 0.5) is 0 Å². The van der Waals surface area contributed by atoms with Crippen molar-refractivity contribution in [2.24, 2.45) is 0 Å². The lowest BCUT2D eigenvalue weighted by Gasteiger charge is -2.11. The molecule has 0 unspecified atom stereocenters. The van der Waals surface area contributed by atoms with Gasteiger partial charge in [-0.25, -0.2) is 15.0 Å². The summed E-state index contributed by atoms with van der Waals surface area (Å²) in [6.45, 7) is 0. The molecule has 6 heteroatoms. The zero-order chi connectivity index (χ0) is 33.0. The summed E-state index contributed by atoms with van der Waals surface area (Å²) in [7, 11) is 0. The van der Waals surface area contributed by atoms with E-state index in [1.54, 1.807) is 0 Å². The van der Waals surface area contributed by atoms with E-state index in [0.717, 1.165) is 66.4 Å². The first-order valence-electron chi connectivity index (χ1n) is 16.6. The highest BCUT2D eigenvalue weighted by molar-refractivity contribution is 6.16. The van der Waals surface area contributed by atoms with Crippen molar-refractivity contribution in [3.05, 3.63) is 164 Å². The average Bonchev–Trinajstić information content (AvgIpc) is 3.75. The Kier molecular flexibility index (Phi) is 6.39. The van der Waals surface area contributed by atoms with E-state index < -0.39 is 0 Å². The standard InChI is InChI=1S/C44H27N5O/c1-4-14-28(15-5-1)42-46-43(29-16-6-2-7-17-29)48-44(47-42)35-27-45-40(41-39(35)33-21-11-13-23-38(33)50-41)30-24-25-37-34(26-30)32-20-10-12-22-36(32)49(37)31-18-8-3-9-19-31/h1-27H. The molecule has 0 N–H and O–H groups in total. The summed E-state index contributed by atoms with van der Waals surface area (Å²) in [5.41, 5.74) is 9.21. The predicted octanol–water partition coefficient (Wildman–Crippen LogP) is 10.9. The van der Waals surface area contributed by atoms with Crippen LogP contribution >= 0.6 is 0 Å². The Balaban J connectivity index is 1.22. The van der Waals surface area contributed by atoms with Crippen LogP contribution in [0.25, 0.3) is 94.9 Å². The summed E-state index contributed by atoms with van der Waals surface area (Å²) >= 11 is 0. The molecule has 0 aliphatic heterocycles. The lowest BCUT2D eigenvalue weighted by Crippen LogP contribution is -2.01. The van der Waals surface area contributed by atoms with Gasteiger partial charge in [0, 0.05) is 55.7 Å². The number of hydrogen-bond donors (Lipinski definition) is 0. The number of benzene rings is 6. The summed E-state index contributed by atoms with van der Waals surface area (Å²) in [6, 6.07) is 53.7. The van der Waals surface area contributed by atoms with E-state index in [-0.39, 0.29) is 0 Å². The van der Waals surface area contributed by atoms with Crippen LogP contribution in [-0.2, 0) is 0 Å². The fraction of sp³-hybridized carbons (Fsp3) is 0. The van der Waals surface area contributed by atoms with E-state index in [2.05, 4.69) is 77.4 Å². The topological polar surface area (TPSA) is 69.6 Å². The molecule has 0 aliphatic rings. The first-order chi connectivity index (χ1) is 24.8. The Morgan fingerprint density at radius 1 is 0.460 bits per heavy atom. The van der Waals surface area contributed by atoms with Crippen LogP contribution in [0.1, 0.15) is 0 Å². The number of rotatable bonds is 5. The van der Waals surface area contributed by atoms with Crippen LogP contribution in [0.2, 0.25) is 0 Å². The molecule has 10 aromatic rings. The van der Waals surface area contributed by atoms with Crippen molar-refractivity contribution in [2.45, 2.75) is 0 Å². The van der Waals surface area contributed by atoms with Crippen LogP contribution in [0.3, 0.4) is 0 Å². The Morgan fingerprint density at radius 2 is 1.04 bits per heavy atom. The molecule has 4 aromatic heterocycles. The largest absolute Gasteiger partial charge is 0.454 e. The van der Waals surface area contributed by atoms with E-state index >= 15 is 0 Å². The molecule has 0 atom stereocenters. The number of fused-ring (bicyclic) bond motifs is 6. The summed E-state index contributed by atoms with van der Waals surface area (Å²) in [4.78, 5) is 20.1. The first-order valence-corrected chi connectivity index (χ1v) is 16.6. The molecule has 0 aliphatic carbocycles. The van der Waals surface area contributed by atoms with Crippen LogP contribution in [0, 0.1) is 0 Å². The molecule has 4 heterocycles. The van der Waals surface area contributed by atoms with Crippen molar-refractivity contribution in [2.75, 3.05) is 0 Å². The number of furan rings is 1. The minimum Gasteiger partial charge on any atom is -0.454 e. The van der Waals surface area contributed by atoms with Crippen LogP contribution in [0.15, 0.2) is 168 Å². The Bertz CT molecular complexity index is 2800. The smallest absolute Gasteiger partial charge is 0.166 e. The molecular weight excluding hydrogens is 615 g/mol. The zero-order valence-corrected chi connectivity index (χ0v) is 26.7. The molecule has 0 spiro atoms. The maximum Gasteiger partial charge on any atom is 0.166 e. The fourth-order valence-corrected chi connectivity index (χ4v) is 7.01. The van der Waals surface area contributed by atoms with Crippen molar-refractivity contribution in [3.63, 3.8) is 0 Å². The molecule has 234 valence electrons. The quantitative estimate of drug-likeness (QED) is 0.187. The second-order valence-corrected chi connectivity index (χ2v) is 12.3. The van der Waals surface area contributed by atoms with Gasteiger partial charge in [0.15, 0.2) is 23.1 Å². The third kappa shape index (κ3) is 4.50. The van der Waals surface area contributed by atoms with Crippen molar-refractivity contribution in [3.8, 4) is 51.1 Å². The van der Waals surface area contributed by atoms with Crippen LogP contribution in [-0.4, -0.2) is 24.5 Å². The number of hydrogen-bond acceptors (Lipinski definition) is 5. The Morgan fingerprint density at radius 3 is 1.76 bits per heavy atom. The average molecular weight is 642 g/mol. The lowest BCUT2D eigenvalue weighted by atomic mass is 10.0. The highest BCUT2D eigenvalue weighted by Crippen LogP contribution is 2.42. The van der Waals surface area contributed by atoms with Gasteiger partial charge >= 0.3 is 0 Å². The second-order valence-electron chi connectivity index (χ2n) is 12.3. The highest BCUT2D eigenvalue weighted by atomic mass is 16.3. The second kappa shape index (κ2) is 11.4. The van der Waals surface area contributed by atoms with Crippen molar-refractivity contribution >= 4 is 43.7 Å². The number of nitrogens with zero attached hydrogens (tertiary/aromatic N) is 5. The molecule has 0 saturated heterocycles. The minimum absolute atomic E-state index is 0.537. The van der Waals surface area contributed by atoms with Gasteiger partial charge in [0.05, 0.1) is 11.0 Å². The fourth-order valence-electron chi connectivity index (χ4n) is 7.01. The predicted molar refractivity (Wildman–Crippen MR) is 201 cm³/mol. The van der Waals surface area contributed by atoms with Crippen molar-refractivity contribution in [1.82, 2.24) is 24.5 Å². The number of aromatic nitrogens is 5. The zero-order valence-electron chi connectivity index (χ0n) is 26.7. The SMILES string of the molecule is c1ccc(-c2nc(-c3ccccc3)nc(-c3cnc(-c4ccc5c(c4)c4ccccc4n5-c4ccccc4)c4oc5ccccc5c34)n2)cc1. The van der Waals surface area contributed by atoms with E-state index in [1.807, 2.05) is 91.1 Å². The summed E-state index contributed by atoms with van der Waals surface area (Å²) in [5.74, 6) is 1.73. The maximum atomic E-state index is 6.67. The van der Waals surface area contributed by atoms with Gasteiger partial charge in [-0.15, -0.1) is 0 Å². The van der Waals surface area contributed by atoms with Crippen LogP contribution in [0.5, 0.6) is 0 Å². The molecule has 10 rings (SSSR count). The molecular formula is C44H27N5O. The summed E-state index contributed by atoms with van der Waals surface area (Å²) < 4.78 is 8.98. The van der Waals surface area contributed by atoms with Gasteiger partial charge in [-0.1, -0.05) is 121 Å². The van der Waals surface area contributed by atoms with E-state index in [1.165, 1.54) is 5.39 Å². The molecule has 50 heavy (non-hydrogen) atoms. The lowest BCUT2D eigenvalue weighted by molar-refractivity contribution is 0.668. The van der Waals surface area contributed by atoms with Gasteiger partial charge in [0.2, 0.25) is 0 Å². The molecule has 0 bridgehead atoms. The van der Waals surface area contributed by atoms with E-state index in [0.29, 0.717) is 23.1 Å². The minimum atomic E-state index is 0.537. The number of para-hydroxylation sites is 3. The molecule has 0 saturated carbocycles. The van der Waals surface area contributed by atoms with Crippen molar-refractivity contribution in [1.29, 1.82) is 0 Å². The molecule has 6 nitrogen and oxygen atoms in total. The van der Waals surface area contributed by atoms with Crippen LogP contribution < -0.4 is 0 Å². The van der Waals surface area contributed by atoms with E-state index in [4.69, 9.17) is 24.4 Å². The van der Waals surface area contributed by atoms with Crippen molar-refractivity contribution < 1.29 is 4.42 Å². The van der Waals surface area contributed by atoms with Gasteiger partial charge in [-0.05, 0) is 36.4 Å². The Hall–Kier alpha value is -6.92. The van der Waals surface area contributed by atoms with Gasteiger partial charge in [-0.3, -0.25) is 4.98 Å². The maximum absolute atomic E-state index is 6.67. The summed E-state index contributed by atoms with van der Waals surface area (Å²) in [6.07, 6.45) is 1.88. The number of pyridine rings is 1. The third-order valence-corrected chi connectivity index (χ3v) is 9.30. The molecule has 6 aromatic carbocycles.